The van der Waals surface area contributed by atoms with E-state index in [-0.39, 0.29) is 55.1 Å². The van der Waals surface area contributed by atoms with Crippen LogP contribution in [0.15, 0.2) is 52.5 Å². The fraction of sp³-hybridized carbons (Fsp3) is 0.429. The zero-order chi connectivity index (χ0) is 27.9. The molecule has 2 N–H and O–H groups in total. The number of alkyl halides is 2. The number of phenolic OH excluding ortho intramolecular Hbond substituents is 1. The number of halogens is 2. The van der Waals surface area contributed by atoms with Crippen LogP contribution < -0.4 is 0 Å². The van der Waals surface area contributed by atoms with Gasteiger partial charge >= 0.3 is 0 Å². The monoisotopic (exact) mass is 572 g/mol. The Morgan fingerprint density at radius 2 is 1.72 bits per heavy atom. The molecule has 2 aliphatic heterocycles. The van der Waals surface area contributed by atoms with Crippen molar-refractivity contribution in [2.45, 2.75) is 41.5 Å². The zero-order valence-corrected chi connectivity index (χ0v) is 22.5. The number of fused-ring (bicyclic) bond motifs is 4. The topological polar surface area (TPSA) is 128 Å². The van der Waals surface area contributed by atoms with E-state index in [1.807, 2.05) is 6.08 Å². The summed E-state index contributed by atoms with van der Waals surface area (Å²) >= 11 is 14.1. The smallest absolute Gasteiger partial charge is 0.253 e. The van der Waals surface area contributed by atoms with Crippen LogP contribution in [-0.4, -0.2) is 67.0 Å². The maximum Gasteiger partial charge on any atom is 0.253 e. The molecule has 204 valence electrons. The predicted molar refractivity (Wildman–Crippen MR) is 139 cm³/mol. The molecule has 6 rings (SSSR count). The van der Waals surface area contributed by atoms with Crippen molar-refractivity contribution in [3.63, 3.8) is 0 Å². The fourth-order valence-corrected chi connectivity index (χ4v) is 7.88. The molecule has 9 nitrogen and oxygen atoms in total. The van der Waals surface area contributed by atoms with Crippen molar-refractivity contribution >= 4 is 46.8 Å². The van der Waals surface area contributed by atoms with E-state index < -0.39 is 45.2 Å². The van der Waals surface area contributed by atoms with E-state index in [4.69, 9.17) is 27.6 Å². The van der Waals surface area contributed by atoms with Gasteiger partial charge in [-0.25, -0.2) is 0 Å². The lowest BCUT2D eigenvalue weighted by Crippen LogP contribution is -2.60. The Hall–Kier alpha value is -3.14. The predicted octanol–water partition coefficient (Wildman–Crippen LogP) is 2.71. The number of phenols is 1. The van der Waals surface area contributed by atoms with Crippen LogP contribution in [0.25, 0.3) is 0 Å². The van der Waals surface area contributed by atoms with E-state index in [0.717, 1.165) is 10.5 Å². The van der Waals surface area contributed by atoms with Gasteiger partial charge in [-0.1, -0.05) is 23.8 Å². The van der Waals surface area contributed by atoms with Gasteiger partial charge in [0.2, 0.25) is 11.8 Å². The number of furan rings is 1. The summed E-state index contributed by atoms with van der Waals surface area (Å²) < 4.78 is 5.84. The second-order valence-corrected chi connectivity index (χ2v) is 11.9. The molecule has 11 heteroatoms. The number of aliphatic hydroxyl groups is 1. The number of carbonyl (C=O) groups is 4. The molecule has 39 heavy (non-hydrogen) atoms. The Morgan fingerprint density at radius 1 is 1.00 bits per heavy atom. The summed E-state index contributed by atoms with van der Waals surface area (Å²) in [4.78, 5) is 52.5. The average Bonchev–Trinajstić information content (AvgIpc) is 3.53. The second kappa shape index (κ2) is 8.94. The number of hydrogen-bond acceptors (Lipinski definition) is 7. The average molecular weight is 573 g/mol. The van der Waals surface area contributed by atoms with Gasteiger partial charge in [0.15, 0.2) is 9.75 Å². The Balaban J connectivity index is 1.39. The molecule has 3 heterocycles. The minimum atomic E-state index is -1.91. The SMILES string of the molecule is CN1C(=O)C2(Cl)CC3C(=CCC4C(=O)N(CCc5ccc(O)cc5)C(=O)C43)C(c3ccc(CO)o3)C2(Cl)C1=O. The standard InChI is InChI=1S/C28H26Cl2N2O7/c1-31-25(37)27(29)12-19-17(22(28(27,30)26(31)38)20-9-6-16(13-33)39-20)7-8-18-21(19)24(36)32(23(18)35)11-10-14-2-4-15(34)5-3-14/h2-7,9,18-19,21-22,33-34H,8,10-13H2,1H3. The molecular formula is C28H26Cl2N2O7. The van der Waals surface area contributed by atoms with E-state index in [2.05, 4.69) is 0 Å². The van der Waals surface area contributed by atoms with Gasteiger partial charge in [0.25, 0.3) is 11.8 Å². The Morgan fingerprint density at radius 3 is 2.38 bits per heavy atom. The molecule has 2 saturated heterocycles. The number of aliphatic hydroxyl groups excluding tert-OH is 1. The van der Waals surface area contributed by atoms with Crippen LogP contribution >= 0.6 is 23.2 Å². The fourth-order valence-electron chi connectivity index (χ4n) is 6.88. The van der Waals surface area contributed by atoms with Crippen LogP contribution in [0.3, 0.4) is 0 Å². The van der Waals surface area contributed by atoms with Crippen molar-refractivity contribution in [2.24, 2.45) is 17.8 Å². The summed E-state index contributed by atoms with van der Waals surface area (Å²) in [5.41, 5.74) is 1.50. The molecule has 4 amide bonds. The number of allylic oxidation sites excluding steroid dienone is 2. The lowest BCUT2D eigenvalue weighted by atomic mass is 9.57. The van der Waals surface area contributed by atoms with Gasteiger partial charge in [-0.05, 0) is 55.0 Å². The van der Waals surface area contributed by atoms with Crippen molar-refractivity contribution in [3.8, 4) is 5.75 Å². The first-order valence-corrected chi connectivity index (χ1v) is 13.5. The van der Waals surface area contributed by atoms with E-state index >= 15 is 0 Å². The Labute approximate surface area is 233 Å². The minimum absolute atomic E-state index is 0.0884. The summed E-state index contributed by atoms with van der Waals surface area (Å²) in [5, 5.41) is 19.1. The first-order chi connectivity index (χ1) is 18.5. The highest BCUT2D eigenvalue weighted by Gasteiger charge is 2.76. The van der Waals surface area contributed by atoms with Crippen LogP contribution in [0.1, 0.15) is 35.8 Å². The van der Waals surface area contributed by atoms with Crippen molar-refractivity contribution in [1.29, 1.82) is 0 Å². The van der Waals surface area contributed by atoms with Gasteiger partial charge < -0.3 is 14.6 Å². The molecule has 0 spiro atoms. The first-order valence-electron chi connectivity index (χ1n) is 12.8. The number of imide groups is 2. The maximum absolute atomic E-state index is 13.8. The van der Waals surface area contributed by atoms with Gasteiger partial charge in [0.1, 0.15) is 23.9 Å². The molecule has 0 radical (unpaired) electrons. The number of carbonyl (C=O) groups excluding carboxylic acids is 4. The number of aromatic hydroxyl groups is 1. The van der Waals surface area contributed by atoms with Gasteiger partial charge in [0, 0.05) is 13.6 Å². The normalized spacial score (nSPS) is 33.8. The number of amides is 4. The summed E-state index contributed by atoms with van der Waals surface area (Å²) in [6, 6.07) is 9.72. The van der Waals surface area contributed by atoms with Crippen molar-refractivity contribution < 1.29 is 33.8 Å². The molecule has 1 saturated carbocycles. The van der Waals surface area contributed by atoms with Crippen LogP contribution in [0.4, 0.5) is 0 Å². The van der Waals surface area contributed by atoms with Crippen LogP contribution in [0, 0.1) is 17.8 Å². The number of likely N-dealkylation sites (tertiary alicyclic amines) is 2. The zero-order valence-electron chi connectivity index (χ0n) is 21.0. The molecule has 3 fully saturated rings. The van der Waals surface area contributed by atoms with Crippen LogP contribution in [0.2, 0.25) is 0 Å². The van der Waals surface area contributed by atoms with Gasteiger partial charge in [-0.15, -0.1) is 23.2 Å². The molecule has 2 aromatic rings. The van der Waals surface area contributed by atoms with Crippen molar-refractivity contribution in [1.82, 2.24) is 9.80 Å². The molecule has 6 unspecified atom stereocenters. The molecular weight excluding hydrogens is 547 g/mol. The highest BCUT2D eigenvalue weighted by Crippen LogP contribution is 2.65. The molecule has 4 aliphatic rings. The van der Waals surface area contributed by atoms with E-state index in [1.54, 1.807) is 36.4 Å². The highest BCUT2D eigenvalue weighted by molar-refractivity contribution is 6.53. The third-order valence-corrected chi connectivity index (χ3v) is 10.2. The van der Waals surface area contributed by atoms with Gasteiger partial charge in [0.05, 0.1) is 17.8 Å². The number of rotatable bonds is 5. The van der Waals surface area contributed by atoms with Gasteiger partial charge in [-0.3, -0.25) is 29.0 Å². The summed E-state index contributed by atoms with van der Waals surface area (Å²) in [5.74, 6) is -4.32. The maximum atomic E-state index is 13.8. The third-order valence-electron chi connectivity index (χ3n) is 8.79. The van der Waals surface area contributed by atoms with E-state index in [0.29, 0.717) is 12.0 Å². The first kappa shape index (κ1) is 26.1. The lowest BCUT2D eigenvalue weighted by Gasteiger charge is -2.49. The van der Waals surface area contributed by atoms with Crippen LogP contribution in [0.5, 0.6) is 5.75 Å². The summed E-state index contributed by atoms with van der Waals surface area (Å²) in [6.45, 7) is -0.207. The van der Waals surface area contributed by atoms with E-state index in [9.17, 15) is 29.4 Å². The molecule has 1 aromatic heterocycles. The van der Waals surface area contributed by atoms with Crippen LogP contribution in [-0.2, 0) is 32.2 Å². The van der Waals surface area contributed by atoms with Crippen molar-refractivity contribution in [3.05, 3.63) is 65.1 Å². The Kier molecular flexibility index (Phi) is 5.98. The minimum Gasteiger partial charge on any atom is -0.508 e. The van der Waals surface area contributed by atoms with Crippen molar-refractivity contribution in [2.75, 3.05) is 13.6 Å². The molecule has 1 aromatic carbocycles. The second-order valence-electron chi connectivity index (χ2n) is 10.7. The summed E-state index contributed by atoms with van der Waals surface area (Å²) in [7, 11) is 1.33. The lowest BCUT2D eigenvalue weighted by molar-refractivity contribution is -0.141. The summed E-state index contributed by atoms with van der Waals surface area (Å²) in [6.07, 6.45) is 2.43. The number of hydrogen-bond donors (Lipinski definition) is 2. The molecule has 2 aliphatic carbocycles. The third kappa shape index (κ3) is 3.49. The molecule has 6 atom stereocenters. The molecule has 0 bridgehead atoms. The van der Waals surface area contributed by atoms with Gasteiger partial charge in [-0.2, -0.15) is 0 Å². The number of benzene rings is 1. The Bertz CT molecular complexity index is 1440. The highest BCUT2D eigenvalue weighted by atomic mass is 35.5. The van der Waals surface area contributed by atoms with E-state index in [1.165, 1.54) is 11.9 Å². The largest absolute Gasteiger partial charge is 0.508 e. The number of nitrogens with zero attached hydrogens (tertiary/aromatic N) is 2. The quantitative estimate of drug-likeness (QED) is 0.320.